The number of aliphatic hydroxyl groups excluding tert-OH is 1. The summed E-state index contributed by atoms with van der Waals surface area (Å²) in [7, 11) is 0. The Labute approximate surface area is 108 Å². The minimum Gasteiger partial charge on any atom is -0.444 e. The lowest BCUT2D eigenvalue weighted by Crippen LogP contribution is -2.70. The molecule has 5 heteroatoms. The van der Waals surface area contributed by atoms with Crippen LogP contribution in [0.5, 0.6) is 0 Å². The number of nitrogens with zero attached hydrogens (tertiary/aromatic N) is 1. The number of hydrogen-bond donors (Lipinski definition) is 1. The molecule has 0 radical (unpaired) electrons. The van der Waals surface area contributed by atoms with Gasteiger partial charge in [-0.3, -0.25) is 4.90 Å². The zero-order valence-electron chi connectivity index (χ0n) is 11.4. The van der Waals surface area contributed by atoms with Crippen LogP contribution in [-0.4, -0.2) is 47.7 Å². The second-order valence-corrected chi connectivity index (χ2v) is 6.27. The molecule has 1 saturated heterocycles. The number of amides is 1. The van der Waals surface area contributed by atoms with Gasteiger partial charge in [-0.1, -0.05) is 6.42 Å². The van der Waals surface area contributed by atoms with Gasteiger partial charge in [-0.2, -0.15) is 0 Å². The Balaban J connectivity index is 1.94. The van der Waals surface area contributed by atoms with Gasteiger partial charge in [-0.15, -0.1) is 0 Å². The van der Waals surface area contributed by atoms with Crippen molar-refractivity contribution in [3.05, 3.63) is 0 Å². The molecule has 2 rings (SSSR count). The zero-order valence-corrected chi connectivity index (χ0v) is 11.4. The van der Waals surface area contributed by atoms with Crippen LogP contribution in [0.3, 0.4) is 0 Å². The summed E-state index contributed by atoms with van der Waals surface area (Å²) in [5.74, 6) is 0. The predicted molar refractivity (Wildman–Crippen MR) is 66.0 cm³/mol. The minimum atomic E-state index is -0.485. The first-order valence-corrected chi connectivity index (χ1v) is 6.60. The molecule has 1 aliphatic carbocycles. The number of rotatable bonds is 3. The maximum absolute atomic E-state index is 12.0. The number of hydrogen-bond acceptors (Lipinski definition) is 4. The molecule has 5 nitrogen and oxygen atoms in total. The van der Waals surface area contributed by atoms with Crippen molar-refractivity contribution < 1.29 is 19.4 Å². The third kappa shape index (κ3) is 2.47. The fourth-order valence-corrected chi connectivity index (χ4v) is 2.67. The van der Waals surface area contributed by atoms with Crippen molar-refractivity contribution in [3.63, 3.8) is 0 Å². The average molecular weight is 257 g/mol. The van der Waals surface area contributed by atoms with Crippen molar-refractivity contribution in [3.8, 4) is 0 Å². The van der Waals surface area contributed by atoms with E-state index in [-0.39, 0.29) is 30.9 Å². The molecule has 0 aromatic carbocycles. The van der Waals surface area contributed by atoms with Gasteiger partial charge in [0.15, 0.2) is 0 Å². The Kier molecular flexibility index (Phi) is 3.56. The molecule has 1 aliphatic heterocycles. The van der Waals surface area contributed by atoms with Gasteiger partial charge in [0.05, 0.1) is 13.2 Å². The van der Waals surface area contributed by atoms with Crippen LogP contribution in [0.2, 0.25) is 0 Å². The van der Waals surface area contributed by atoms with E-state index in [0.717, 1.165) is 19.4 Å². The van der Waals surface area contributed by atoms with E-state index in [1.807, 2.05) is 20.8 Å². The Morgan fingerprint density at radius 1 is 1.44 bits per heavy atom. The largest absolute Gasteiger partial charge is 0.444 e. The van der Waals surface area contributed by atoms with Crippen molar-refractivity contribution in [2.45, 2.75) is 51.9 Å². The molecule has 1 heterocycles. The molecule has 1 amide bonds. The van der Waals surface area contributed by atoms with Gasteiger partial charge in [0.2, 0.25) is 0 Å². The topological polar surface area (TPSA) is 59.0 Å². The van der Waals surface area contributed by atoms with Gasteiger partial charge in [-0.05, 0) is 33.6 Å². The molecular weight excluding hydrogens is 234 g/mol. The summed E-state index contributed by atoms with van der Waals surface area (Å²) < 4.78 is 11.0. The van der Waals surface area contributed by atoms with E-state index in [4.69, 9.17) is 14.6 Å². The number of likely N-dealkylation sites (tertiary alicyclic amines) is 1. The summed E-state index contributed by atoms with van der Waals surface area (Å²) in [5, 5.41) is 8.85. The summed E-state index contributed by atoms with van der Waals surface area (Å²) in [6.45, 7) is 6.53. The lowest BCUT2D eigenvalue weighted by atomic mass is 9.62. The van der Waals surface area contributed by atoms with E-state index in [9.17, 15) is 4.79 Å². The molecule has 1 atom stereocenters. The summed E-state index contributed by atoms with van der Waals surface area (Å²) >= 11 is 0. The monoisotopic (exact) mass is 257 g/mol. The highest BCUT2D eigenvalue weighted by Gasteiger charge is 2.59. The van der Waals surface area contributed by atoms with E-state index in [1.54, 1.807) is 4.90 Å². The molecule has 104 valence electrons. The van der Waals surface area contributed by atoms with Crippen LogP contribution in [-0.2, 0) is 9.47 Å². The molecule has 2 aliphatic rings. The molecule has 0 bridgehead atoms. The normalized spacial score (nSPS) is 25.6. The lowest BCUT2D eigenvalue weighted by Gasteiger charge is -2.60. The van der Waals surface area contributed by atoms with Gasteiger partial charge >= 0.3 is 6.09 Å². The van der Waals surface area contributed by atoms with E-state index in [1.165, 1.54) is 6.42 Å². The number of carbonyl (C=O) groups is 1. The van der Waals surface area contributed by atoms with Crippen molar-refractivity contribution in [2.75, 3.05) is 19.8 Å². The van der Waals surface area contributed by atoms with Crippen molar-refractivity contribution >= 4 is 6.09 Å². The molecular formula is C13H23NO4. The maximum Gasteiger partial charge on any atom is 0.412 e. The van der Waals surface area contributed by atoms with Crippen molar-refractivity contribution in [1.29, 1.82) is 0 Å². The van der Waals surface area contributed by atoms with Gasteiger partial charge in [0.25, 0.3) is 0 Å². The molecule has 1 unspecified atom stereocenters. The number of aliphatic hydroxyl groups is 1. The molecule has 2 fully saturated rings. The molecule has 0 aromatic heterocycles. The van der Waals surface area contributed by atoms with E-state index in [2.05, 4.69) is 0 Å². The summed E-state index contributed by atoms with van der Waals surface area (Å²) in [6, 6.07) is 0. The second-order valence-electron chi connectivity index (χ2n) is 6.27. The third-order valence-corrected chi connectivity index (χ3v) is 3.64. The molecule has 0 aromatic rings. The van der Waals surface area contributed by atoms with Crippen LogP contribution >= 0.6 is 0 Å². The van der Waals surface area contributed by atoms with E-state index >= 15 is 0 Å². The first-order chi connectivity index (χ1) is 8.38. The number of ether oxygens (including phenoxy) is 2. The smallest absolute Gasteiger partial charge is 0.412 e. The highest BCUT2D eigenvalue weighted by atomic mass is 16.6. The molecule has 1 spiro atoms. The Bertz CT molecular complexity index is 319. The first kappa shape index (κ1) is 13.6. The average Bonchev–Trinajstić information content (AvgIpc) is 2.11. The van der Waals surface area contributed by atoms with Gasteiger partial charge in [0.1, 0.15) is 11.8 Å². The highest BCUT2D eigenvalue weighted by Crippen LogP contribution is 2.53. The summed E-state index contributed by atoms with van der Waals surface area (Å²) in [5.41, 5.74) is -0.354. The molecule has 1 saturated carbocycles. The molecule has 1 N–H and O–H groups in total. The van der Waals surface area contributed by atoms with Crippen LogP contribution in [0.25, 0.3) is 0 Å². The first-order valence-electron chi connectivity index (χ1n) is 6.60. The highest BCUT2D eigenvalue weighted by molar-refractivity contribution is 5.70. The SMILES string of the molecule is CC(C)(C)OC(=O)N1CC2(CCC2)C1OCCO. The van der Waals surface area contributed by atoms with Gasteiger partial charge in [0, 0.05) is 12.0 Å². The van der Waals surface area contributed by atoms with Crippen LogP contribution in [0.4, 0.5) is 4.79 Å². The van der Waals surface area contributed by atoms with Crippen LogP contribution in [0, 0.1) is 5.41 Å². The predicted octanol–water partition coefficient (Wildman–Crippen LogP) is 1.74. The lowest BCUT2D eigenvalue weighted by molar-refractivity contribution is -0.240. The Morgan fingerprint density at radius 2 is 2.11 bits per heavy atom. The fourth-order valence-electron chi connectivity index (χ4n) is 2.67. The Morgan fingerprint density at radius 3 is 2.56 bits per heavy atom. The van der Waals surface area contributed by atoms with E-state index < -0.39 is 5.60 Å². The van der Waals surface area contributed by atoms with Crippen molar-refractivity contribution in [2.24, 2.45) is 5.41 Å². The zero-order chi connectivity index (χ0) is 13.4. The quantitative estimate of drug-likeness (QED) is 0.836. The fraction of sp³-hybridized carbons (Fsp3) is 0.923. The minimum absolute atomic E-state index is 0.0191. The van der Waals surface area contributed by atoms with Crippen LogP contribution in [0.15, 0.2) is 0 Å². The second kappa shape index (κ2) is 4.70. The standard InChI is InChI=1S/C13H23NO4/c1-12(2,3)18-11(16)14-9-13(5-4-6-13)10(14)17-8-7-15/h10,15H,4-9H2,1-3H3. The van der Waals surface area contributed by atoms with E-state index in [0.29, 0.717) is 0 Å². The summed E-state index contributed by atoms with van der Waals surface area (Å²) in [4.78, 5) is 13.6. The maximum atomic E-state index is 12.0. The van der Waals surface area contributed by atoms with Crippen molar-refractivity contribution in [1.82, 2.24) is 4.90 Å². The Hall–Kier alpha value is -0.810. The van der Waals surface area contributed by atoms with Crippen LogP contribution < -0.4 is 0 Å². The van der Waals surface area contributed by atoms with Gasteiger partial charge in [-0.25, -0.2) is 4.79 Å². The summed E-state index contributed by atoms with van der Waals surface area (Å²) in [6.07, 6.45) is 2.86. The molecule has 18 heavy (non-hydrogen) atoms. The third-order valence-electron chi connectivity index (χ3n) is 3.64. The number of carbonyl (C=O) groups excluding carboxylic acids is 1. The van der Waals surface area contributed by atoms with Gasteiger partial charge < -0.3 is 14.6 Å². The van der Waals surface area contributed by atoms with Crippen LogP contribution in [0.1, 0.15) is 40.0 Å².